The second-order valence-electron chi connectivity index (χ2n) is 6.52. The monoisotopic (exact) mass is 469 g/mol. The van der Waals surface area contributed by atoms with Gasteiger partial charge >= 0.3 is 0 Å². The van der Waals surface area contributed by atoms with Crippen molar-refractivity contribution in [2.45, 2.75) is 31.1 Å². The molecule has 0 heterocycles. The number of aliphatic imine (C=N–C) groups is 1. The van der Waals surface area contributed by atoms with Gasteiger partial charge in [0.05, 0.1) is 19.3 Å². The van der Waals surface area contributed by atoms with E-state index in [0.29, 0.717) is 12.5 Å². The molecule has 0 aliphatic heterocycles. The smallest absolute Gasteiger partial charge is 0.193 e. The molecule has 1 aliphatic carbocycles. The first-order chi connectivity index (χ1) is 12.1. The lowest BCUT2D eigenvalue weighted by Gasteiger charge is -2.28. The number of nitrogens with one attached hydrogen (secondary N) is 1. The Morgan fingerprint density at radius 2 is 1.81 bits per heavy atom. The van der Waals surface area contributed by atoms with Crippen LogP contribution in [-0.2, 0) is 5.41 Å². The quantitative estimate of drug-likeness (QED) is 0.380. The Kier molecular flexibility index (Phi) is 7.25. The van der Waals surface area contributed by atoms with Gasteiger partial charge in [-0.3, -0.25) is 4.99 Å². The van der Waals surface area contributed by atoms with Gasteiger partial charge < -0.3 is 15.8 Å². The zero-order valence-corrected chi connectivity index (χ0v) is 17.2. The molecular weight excluding hydrogens is 444 g/mol. The normalized spacial score (nSPS) is 16.0. The largest absolute Gasteiger partial charge is 0.495 e. The van der Waals surface area contributed by atoms with Crippen molar-refractivity contribution in [1.29, 1.82) is 0 Å². The fourth-order valence-corrected chi connectivity index (χ4v) is 3.56. The van der Waals surface area contributed by atoms with Gasteiger partial charge in [-0.25, -0.2) is 4.39 Å². The van der Waals surface area contributed by atoms with E-state index in [2.05, 4.69) is 10.3 Å². The number of nitrogens with zero attached hydrogens (tertiary/aromatic N) is 1. The summed E-state index contributed by atoms with van der Waals surface area (Å²) in [5.74, 6) is 0.866. The molecule has 0 unspecified atom stereocenters. The first kappa shape index (κ1) is 20.5. The number of hydrogen-bond donors (Lipinski definition) is 2. The maximum absolute atomic E-state index is 13.3. The molecule has 0 saturated heterocycles. The minimum atomic E-state index is -0.210. The highest BCUT2D eigenvalue weighted by molar-refractivity contribution is 14.0. The summed E-state index contributed by atoms with van der Waals surface area (Å²) in [6.07, 6.45) is 4.41. The van der Waals surface area contributed by atoms with Crippen LogP contribution in [0.3, 0.4) is 0 Å². The van der Waals surface area contributed by atoms with E-state index in [4.69, 9.17) is 10.5 Å². The molecule has 0 bridgehead atoms. The molecule has 0 atom stereocenters. The van der Waals surface area contributed by atoms with Gasteiger partial charge in [0.25, 0.3) is 0 Å². The summed E-state index contributed by atoms with van der Waals surface area (Å²) in [4.78, 5) is 4.58. The number of methoxy groups -OCH3 is 1. The maximum Gasteiger partial charge on any atom is 0.193 e. The number of ether oxygens (including phenoxy) is 1. The lowest BCUT2D eigenvalue weighted by atomic mass is 9.79. The van der Waals surface area contributed by atoms with E-state index in [0.717, 1.165) is 42.7 Å². The minimum absolute atomic E-state index is 0. The molecule has 4 nitrogen and oxygen atoms in total. The number of nitrogens with two attached hydrogens (primary N) is 1. The highest BCUT2D eigenvalue weighted by atomic mass is 127. The van der Waals surface area contributed by atoms with Crippen LogP contribution < -0.4 is 15.8 Å². The van der Waals surface area contributed by atoms with Crippen molar-refractivity contribution in [2.24, 2.45) is 10.7 Å². The summed E-state index contributed by atoms with van der Waals surface area (Å²) < 4.78 is 18.6. The van der Waals surface area contributed by atoms with Gasteiger partial charge in [-0.15, -0.1) is 24.0 Å². The highest BCUT2D eigenvalue weighted by Crippen LogP contribution is 2.41. The second-order valence-corrected chi connectivity index (χ2v) is 6.52. The molecule has 1 fully saturated rings. The molecular formula is C20H25FIN3O. The lowest BCUT2D eigenvalue weighted by Crippen LogP contribution is -2.30. The molecule has 6 heteroatoms. The standard InChI is InChI=1S/C20H24FN3O.HI/c1-25-18-7-3-2-6-17(18)24-19(22)23-14-20(12-4-5-13-20)15-8-10-16(21)11-9-15;/h2-3,6-11H,4-5,12-14H2,1H3,(H3,22,23,24);1H. The van der Waals surface area contributed by atoms with Crippen molar-refractivity contribution < 1.29 is 9.13 Å². The van der Waals surface area contributed by atoms with Crippen LogP contribution in [0.25, 0.3) is 0 Å². The number of para-hydroxylation sites is 2. The third kappa shape index (κ3) is 4.66. The summed E-state index contributed by atoms with van der Waals surface area (Å²) >= 11 is 0. The van der Waals surface area contributed by atoms with Crippen LogP contribution in [0.1, 0.15) is 31.2 Å². The van der Waals surface area contributed by atoms with Gasteiger partial charge in [0.1, 0.15) is 11.6 Å². The van der Waals surface area contributed by atoms with Gasteiger partial charge in [-0.2, -0.15) is 0 Å². The van der Waals surface area contributed by atoms with Crippen LogP contribution in [0.15, 0.2) is 53.5 Å². The van der Waals surface area contributed by atoms with Crippen LogP contribution in [0.4, 0.5) is 10.1 Å². The molecule has 2 aromatic carbocycles. The van der Waals surface area contributed by atoms with Crippen LogP contribution in [0.2, 0.25) is 0 Å². The van der Waals surface area contributed by atoms with Gasteiger partial charge in [-0.1, -0.05) is 37.1 Å². The average molecular weight is 469 g/mol. The summed E-state index contributed by atoms with van der Waals surface area (Å²) in [6, 6.07) is 14.4. The Hall–Kier alpha value is -1.83. The zero-order valence-electron chi connectivity index (χ0n) is 14.9. The van der Waals surface area contributed by atoms with Crippen LogP contribution in [-0.4, -0.2) is 19.6 Å². The van der Waals surface area contributed by atoms with E-state index in [9.17, 15) is 4.39 Å². The molecule has 0 spiro atoms. The highest BCUT2D eigenvalue weighted by Gasteiger charge is 2.35. The molecule has 3 rings (SSSR count). The van der Waals surface area contributed by atoms with E-state index >= 15 is 0 Å². The number of rotatable bonds is 5. The van der Waals surface area contributed by atoms with E-state index in [1.54, 1.807) is 7.11 Å². The molecule has 2 aromatic rings. The first-order valence-electron chi connectivity index (χ1n) is 8.59. The van der Waals surface area contributed by atoms with E-state index in [1.165, 1.54) is 12.1 Å². The van der Waals surface area contributed by atoms with E-state index in [-0.39, 0.29) is 35.2 Å². The predicted octanol–water partition coefficient (Wildman–Crippen LogP) is 4.69. The van der Waals surface area contributed by atoms with E-state index in [1.807, 2.05) is 36.4 Å². The fraction of sp³-hybridized carbons (Fsp3) is 0.350. The summed E-state index contributed by atoms with van der Waals surface area (Å²) in [6.45, 7) is 0.590. The van der Waals surface area contributed by atoms with Crippen LogP contribution >= 0.6 is 24.0 Å². The Morgan fingerprint density at radius 3 is 2.46 bits per heavy atom. The third-order valence-corrected chi connectivity index (χ3v) is 4.94. The molecule has 0 radical (unpaired) electrons. The van der Waals surface area contributed by atoms with Gasteiger partial charge in [-0.05, 0) is 42.7 Å². The Bertz CT molecular complexity index is 743. The van der Waals surface area contributed by atoms with Gasteiger partial charge in [0.2, 0.25) is 0 Å². The van der Waals surface area contributed by atoms with Crippen molar-refractivity contribution in [2.75, 3.05) is 19.0 Å². The summed E-state index contributed by atoms with van der Waals surface area (Å²) in [5, 5.41) is 3.11. The molecule has 1 saturated carbocycles. The van der Waals surface area contributed by atoms with Gasteiger partial charge in [0.15, 0.2) is 5.96 Å². The van der Waals surface area contributed by atoms with Crippen molar-refractivity contribution >= 4 is 35.6 Å². The van der Waals surface area contributed by atoms with Crippen LogP contribution in [0, 0.1) is 5.82 Å². The third-order valence-electron chi connectivity index (χ3n) is 4.94. The lowest BCUT2D eigenvalue weighted by molar-refractivity contribution is 0.417. The molecule has 3 N–H and O–H groups in total. The molecule has 0 amide bonds. The number of hydrogen-bond acceptors (Lipinski definition) is 2. The maximum atomic E-state index is 13.3. The molecule has 0 aromatic heterocycles. The number of benzene rings is 2. The van der Waals surface area contributed by atoms with Crippen LogP contribution in [0.5, 0.6) is 5.75 Å². The number of anilines is 1. The summed E-state index contributed by atoms with van der Waals surface area (Å²) in [5.41, 5.74) is 7.96. The van der Waals surface area contributed by atoms with Crippen molar-refractivity contribution in [3.05, 3.63) is 59.9 Å². The average Bonchev–Trinajstić information content (AvgIpc) is 3.11. The fourth-order valence-electron chi connectivity index (χ4n) is 3.56. The molecule has 26 heavy (non-hydrogen) atoms. The van der Waals surface area contributed by atoms with Crippen molar-refractivity contribution in [3.8, 4) is 5.75 Å². The van der Waals surface area contributed by atoms with Gasteiger partial charge in [0, 0.05) is 5.41 Å². The minimum Gasteiger partial charge on any atom is -0.495 e. The Balaban J connectivity index is 0.00000243. The number of halogens is 2. The van der Waals surface area contributed by atoms with Crippen molar-refractivity contribution in [1.82, 2.24) is 0 Å². The summed E-state index contributed by atoms with van der Waals surface area (Å²) in [7, 11) is 1.62. The molecule has 140 valence electrons. The SMILES string of the molecule is COc1ccccc1NC(N)=NCC1(c2ccc(F)cc2)CCCC1.I. The van der Waals surface area contributed by atoms with Crippen molar-refractivity contribution in [3.63, 3.8) is 0 Å². The molecule has 1 aliphatic rings. The topological polar surface area (TPSA) is 59.6 Å². The second kappa shape index (κ2) is 9.21. The first-order valence-corrected chi connectivity index (χ1v) is 8.59. The number of guanidine groups is 1. The predicted molar refractivity (Wildman–Crippen MR) is 115 cm³/mol. The Morgan fingerprint density at radius 1 is 1.15 bits per heavy atom. The Labute approximate surface area is 171 Å². The van der Waals surface area contributed by atoms with E-state index < -0.39 is 0 Å². The zero-order chi connectivity index (χ0) is 17.7.